The molecule has 0 radical (unpaired) electrons. The van der Waals surface area contributed by atoms with E-state index in [1.165, 1.54) is 11.1 Å². The molecule has 1 aromatic heterocycles. The average molecular weight is 310 g/mol. The van der Waals surface area contributed by atoms with Crippen LogP contribution in [0.3, 0.4) is 0 Å². The standard InChI is InChI=1S/C19H26N4/c1-4-14(3)20-19-21-17(5-2)12-18(22-19)23-11-10-15-8-6-7-9-16(15)13-23/h6-9,12,14H,4-5,10-11,13H2,1-3H3,(H,20,21,22)/t14-/m0/s1. The maximum absolute atomic E-state index is 4.77. The first-order valence-electron chi connectivity index (χ1n) is 8.65. The summed E-state index contributed by atoms with van der Waals surface area (Å²) in [6.07, 6.45) is 3.07. The van der Waals surface area contributed by atoms with Gasteiger partial charge >= 0.3 is 0 Å². The number of fused-ring (bicyclic) bond motifs is 1. The van der Waals surface area contributed by atoms with E-state index in [2.05, 4.69) is 66.3 Å². The van der Waals surface area contributed by atoms with Gasteiger partial charge in [0.2, 0.25) is 5.95 Å². The highest BCUT2D eigenvalue weighted by Crippen LogP contribution is 2.24. The summed E-state index contributed by atoms with van der Waals surface area (Å²) in [6.45, 7) is 8.42. The first-order chi connectivity index (χ1) is 11.2. The number of nitrogens with zero attached hydrogens (tertiary/aromatic N) is 3. The van der Waals surface area contributed by atoms with E-state index < -0.39 is 0 Å². The predicted molar refractivity (Wildman–Crippen MR) is 96.0 cm³/mol. The molecule has 3 rings (SSSR count). The number of benzene rings is 1. The highest BCUT2D eigenvalue weighted by molar-refractivity contribution is 5.48. The minimum Gasteiger partial charge on any atom is -0.352 e. The maximum atomic E-state index is 4.77. The molecule has 23 heavy (non-hydrogen) atoms. The summed E-state index contributed by atoms with van der Waals surface area (Å²) in [5.41, 5.74) is 3.97. The van der Waals surface area contributed by atoms with Gasteiger partial charge in [0.15, 0.2) is 0 Å². The van der Waals surface area contributed by atoms with E-state index in [0.29, 0.717) is 6.04 Å². The molecule has 4 nitrogen and oxygen atoms in total. The monoisotopic (exact) mass is 310 g/mol. The molecule has 0 amide bonds. The van der Waals surface area contributed by atoms with Gasteiger partial charge in [0.25, 0.3) is 0 Å². The van der Waals surface area contributed by atoms with Crippen molar-refractivity contribution >= 4 is 11.8 Å². The smallest absolute Gasteiger partial charge is 0.225 e. The van der Waals surface area contributed by atoms with Crippen LogP contribution >= 0.6 is 0 Å². The lowest BCUT2D eigenvalue weighted by molar-refractivity contribution is 0.712. The van der Waals surface area contributed by atoms with E-state index in [4.69, 9.17) is 4.98 Å². The average Bonchev–Trinajstić information content (AvgIpc) is 2.60. The van der Waals surface area contributed by atoms with Gasteiger partial charge in [-0.25, -0.2) is 4.98 Å². The summed E-state index contributed by atoms with van der Waals surface area (Å²) in [5, 5.41) is 3.42. The van der Waals surface area contributed by atoms with E-state index in [1.807, 2.05) is 0 Å². The zero-order valence-electron chi connectivity index (χ0n) is 14.3. The Morgan fingerprint density at radius 3 is 2.70 bits per heavy atom. The van der Waals surface area contributed by atoms with Gasteiger partial charge in [-0.3, -0.25) is 0 Å². The fraction of sp³-hybridized carbons (Fsp3) is 0.474. The van der Waals surface area contributed by atoms with Crippen LogP contribution in [0.5, 0.6) is 0 Å². The van der Waals surface area contributed by atoms with Gasteiger partial charge in [-0.05, 0) is 37.3 Å². The largest absolute Gasteiger partial charge is 0.352 e. The van der Waals surface area contributed by atoms with Crippen LogP contribution in [0.1, 0.15) is 44.0 Å². The number of rotatable bonds is 5. The van der Waals surface area contributed by atoms with Gasteiger partial charge in [0.1, 0.15) is 5.82 Å². The quantitative estimate of drug-likeness (QED) is 0.911. The second-order valence-electron chi connectivity index (χ2n) is 6.29. The van der Waals surface area contributed by atoms with Crippen LogP contribution < -0.4 is 10.2 Å². The van der Waals surface area contributed by atoms with Crippen molar-refractivity contribution in [3.05, 3.63) is 47.2 Å². The third-order valence-corrected chi connectivity index (χ3v) is 4.57. The Labute approximate surface area is 139 Å². The summed E-state index contributed by atoms with van der Waals surface area (Å²) >= 11 is 0. The second kappa shape index (κ2) is 6.99. The van der Waals surface area contributed by atoms with Crippen molar-refractivity contribution in [2.75, 3.05) is 16.8 Å². The van der Waals surface area contributed by atoms with Crippen LogP contribution in [0.15, 0.2) is 30.3 Å². The molecule has 1 atom stereocenters. The molecule has 0 saturated carbocycles. The van der Waals surface area contributed by atoms with Gasteiger partial charge in [0.05, 0.1) is 0 Å². The number of hydrogen-bond donors (Lipinski definition) is 1. The lowest BCUT2D eigenvalue weighted by Gasteiger charge is -2.30. The molecular formula is C19H26N4. The van der Waals surface area contributed by atoms with E-state index in [0.717, 1.165) is 49.8 Å². The lowest BCUT2D eigenvalue weighted by Crippen LogP contribution is -2.31. The van der Waals surface area contributed by atoms with Gasteiger partial charge in [-0.15, -0.1) is 0 Å². The molecule has 1 N–H and O–H groups in total. The van der Waals surface area contributed by atoms with E-state index in [9.17, 15) is 0 Å². The zero-order chi connectivity index (χ0) is 16.2. The summed E-state index contributed by atoms with van der Waals surface area (Å²) in [5.74, 6) is 1.80. The van der Waals surface area contributed by atoms with Crippen LogP contribution in [-0.2, 0) is 19.4 Å². The number of hydrogen-bond acceptors (Lipinski definition) is 4. The number of anilines is 2. The summed E-state index contributed by atoms with van der Waals surface area (Å²) in [6, 6.07) is 11.2. The summed E-state index contributed by atoms with van der Waals surface area (Å²) < 4.78 is 0. The van der Waals surface area contributed by atoms with Crippen LogP contribution in [-0.4, -0.2) is 22.6 Å². The molecule has 1 aliphatic rings. The molecule has 1 aromatic carbocycles. The molecule has 122 valence electrons. The van der Waals surface area contributed by atoms with Crippen molar-refractivity contribution in [1.29, 1.82) is 0 Å². The molecule has 0 spiro atoms. The van der Waals surface area contributed by atoms with Crippen LogP contribution in [0, 0.1) is 0 Å². The molecule has 0 saturated heterocycles. The SMILES string of the molecule is CCc1cc(N2CCc3ccccc3C2)nc(N[C@@H](C)CC)n1. The number of aromatic nitrogens is 2. The number of nitrogens with one attached hydrogen (secondary N) is 1. The summed E-state index contributed by atoms with van der Waals surface area (Å²) in [4.78, 5) is 11.8. The molecule has 0 bridgehead atoms. The molecule has 0 fully saturated rings. The predicted octanol–water partition coefficient (Wildman–Crippen LogP) is 3.81. The van der Waals surface area contributed by atoms with Crippen molar-refractivity contribution in [2.45, 2.75) is 52.6 Å². The molecule has 1 aliphatic heterocycles. The topological polar surface area (TPSA) is 41.1 Å². The highest BCUT2D eigenvalue weighted by Gasteiger charge is 2.18. The Morgan fingerprint density at radius 1 is 1.17 bits per heavy atom. The molecule has 2 heterocycles. The van der Waals surface area contributed by atoms with Crippen molar-refractivity contribution in [3.63, 3.8) is 0 Å². The minimum atomic E-state index is 0.386. The normalized spacial score (nSPS) is 15.2. The van der Waals surface area contributed by atoms with E-state index in [-0.39, 0.29) is 0 Å². The van der Waals surface area contributed by atoms with Crippen LogP contribution in [0.4, 0.5) is 11.8 Å². The van der Waals surface area contributed by atoms with Crippen LogP contribution in [0.25, 0.3) is 0 Å². The van der Waals surface area contributed by atoms with E-state index >= 15 is 0 Å². The fourth-order valence-corrected chi connectivity index (χ4v) is 2.90. The van der Waals surface area contributed by atoms with Gasteiger partial charge < -0.3 is 10.2 Å². The molecule has 4 heteroatoms. The Kier molecular flexibility index (Phi) is 4.79. The number of aryl methyl sites for hydroxylation is 1. The molecule has 2 aromatic rings. The van der Waals surface area contributed by atoms with Crippen molar-refractivity contribution < 1.29 is 0 Å². The highest BCUT2D eigenvalue weighted by atomic mass is 15.2. The Bertz CT molecular complexity index is 668. The lowest BCUT2D eigenvalue weighted by atomic mass is 10.00. The second-order valence-corrected chi connectivity index (χ2v) is 6.29. The Balaban J connectivity index is 1.86. The van der Waals surface area contributed by atoms with Crippen molar-refractivity contribution in [3.8, 4) is 0 Å². The molecular weight excluding hydrogens is 284 g/mol. The minimum absolute atomic E-state index is 0.386. The van der Waals surface area contributed by atoms with Gasteiger partial charge in [-0.1, -0.05) is 38.1 Å². The first kappa shape index (κ1) is 15.8. The fourth-order valence-electron chi connectivity index (χ4n) is 2.90. The Hall–Kier alpha value is -2.10. The zero-order valence-corrected chi connectivity index (χ0v) is 14.3. The first-order valence-corrected chi connectivity index (χ1v) is 8.65. The Morgan fingerprint density at radius 2 is 1.96 bits per heavy atom. The van der Waals surface area contributed by atoms with Crippen molar-refractivity contribution in [1.82, 2.24) is 9.97 Å². The molecule has 0 aliphatic carbocycles. The van der Waals surface area contributed by atoms with Crippen molar-refractivity contribution in [2.24, 2.45) is 0 Å². The van der Waals surface area contributed by atoms with E-state index in [1.54, 1.807) is 0 Å². The molecule has 0 unspecified atom stereocenters. The van der Waals surface area contributed by atoms with Crippen LogP contribution in [0.2, 0.25) is 0 Å². The maximum Gasteiger partial charge on any atom is 0.225 e. The third kappa shape index (κ3) is 3.63. The van der Waals surface area contributed by atoms with Gasteiger partial charge in [0, 0.05) is 30.9 Å². The summed E-state index contributed by atoms with van der Waals surface area (Å²) in [7, 11) is 0. The van der Waals surface area contributed by atoms with Gasteiger partial charge in [-0.2, -0.15) is 4.98 Å². The third-order valence-electron chi connectivity index (χ3n) is 4.57.